The summed E-state index contributed by atoms with van der Waals surface area (Å²) in [6.45, 7) is 5.47. The summed E-state index contributed by atoms with van der Waals surface area (Å²) in [5.41, 5.74) is -0.464. The topological polar surface area (TPSA) is 82.3 Å². The maximum atomic E-state index is 13.5. The predicted molar refractivity (Wildman–Crippen MR) is 118 cm³/mol. The summed E-state index contributed by atoms with van der Waals surface area (Å²) in [6, 6.07) is 10.4. The fourth-order valence-corrected chi connectivity index (χ4v) is 3.40. The van der Waals surface area contributed by atoms with Gasteiger partial charge in [0.05, 0.1) is 23.7 Å². The quantitative estimate of drug-likeness (QED) is 0.651. The van der Waals surface area contributed by atoms with Crippen LogP contribution in [-0.2, 0) is 4.79 Å². The number of nitrogens with zero attached hydrogens (tertiary/aromatic N) is 2. The highest BCUT2D eigenvalue weighted by atomic mass is 35.5. The van der Waals surface area contributed by atoms with Crippen LogP contribution < -0.4 is 21.3 Å². The Balaban J connectivity index is 2.32. The molecule has 8 heteroatoms. The van der Waals surface area contributed by atoms with Gasteiger partial charge in [-0.2, -0.15) is 0 Å². The Labute approximate surface area is 178 Å². The third-order valence-corrected chi connectivity index (χ3v) is 5.36. The number of hydrogen-bond donors (Lipinski definition) is 1. The minimum Gasteiger partial charge on any atom is -0.497 e. The van der Waals surface area contributed by atoms with E-state index in [9.17, 15) is 14.4 Å². The lowest BCUT2D eigenvalue weighted by Crippen LogP contribution is -2.45. The molecule has 1 aromatic heterocycles. The van der Waals surface area contributed by atoms with Gasteiger partial charge in [0, 0.05) is 17.1 Å². The number of methoxy groups -OCH3 is 1. The maximum absolute atomic E-state index is 13.5. The molecule has 0 saturated carbocycles. The van der Waals surface area contributed by atoms with Crippen LogP contribution in [0, 0.1) is 0 Å². The first-order valence-corrected chi connectivity index (χ1v) is 10.1. The van der Waals surface area contributed by atoms with Crippen molar-refractivity contribution in [3.8, 4) is 11.4 Å². The first-order valence-electron chi connectivity index (χ1n) is 9.70. The van der Waals surface area contributed by atoms with Crippen molar-refractivity contribution in [2.75, 3.05) is 7.11 Å². The molecule has 2 aromatic carbocycles. The van der Waals surface area contributed by atoms with Crippen molar-refractivity contribution < 1.29 is 9.53 Å². The molecule has 1 amide bonds. The number of aromatic nitrogens is 2. The Hall–Kier alpha value is -3.06. The summed E-state index contributed by atoms with van der Waals surface area (Å²) in [5, 5.41) is 3.53. The van der Waals surface area contributed by atoms with Gasteiger partial charge in [-0.3, -0.25) is 14.2 Å². The number of halogens is 1. The Morgan fingerprint density at radius 3 is 2.57 bits per heavy atom. The van der Waals surface area contributed by atoms with Crippen LogP contribution in [0.2, 0.25) is 5.02 Å². The SMILES string of the molecule is CC[C@@H](C)NC(=O)[C@@H](C)n1c(=O)n(-c2cccc(OC)c2)c(=O)c2ccc(Cl)cc21. The van der Waals surface area contributed by atoms with Crippen LogP contribution >= 0.6 is 11.6 Å². The monoisotopic (exact) mass is 429 g/mol. The number of amides is 1. The highest BCUT2D eigenvalue weighted by Crippen LogP contribution is 2.20. The normalized spacial score (nSPS) is 13.1. The third kappa shape index (κ3) is 3.98. The van der Waals surface area contributed by atoms with E-state index >= 15 is 0 Å². The number of fused-ring (bicyclic) bond motifs is 1. The first kappa shape index (κ1) is 21.6. The summed E-state index contributed by atoms with van der Waals surface area (Å²) in [7, 11) is 1.50. The van der Waals surface area contributed by atoms with E-state index in [2.05, 4.69) is 5.32 Å². The number of ether oxygens (including phenoxy) is 1. The Morgan fingerprint density at radius 1 is 1.17 bits per heavy atom. The number of nitrogens with one attached hydrogen (secondary N) is 1. The molecule has 7 nitrogen and oxygen atoms in total. The van der Waals surface area contributed by atoms with Crippen molar-refractivity contribution in [3.05, 3.63) is 68.3 Å². The molecular formula is C22H24ClN3O4. The second kappa shape index (κ2) is 8.75. The fraction of sp³-hybridized carbons (Fsp3) is 0.318. The van der Waals surface area contributed by atoms with E-state index in [1.54, 1.807) is 43.3 Å². The molecule has 0 aliphatic rings. The Kier molecular flexibility index (Phi) is 6.31. The van der Waals surface area contributed by atoms with Gasteiger partial charge in [0.25, 0.3) is 5.56 Å². The molecule has 30 heavy (non-hydrogen) atoms. The summed E-state index contributed by atoms with van der Waals surface area (Å²) >= 11 is 6.14. The van der Waals surface area contributed by atoms with E-state index in [0.717, 1.165) is 11.0 Å². The standard InChI is InChI=1S/C22H24ClN3O4/c1-5-13(2)24-20(27)14(3)25-19-11-15(23)9-10-18(19)21(28)26(22(25)29)16-7-6-8-17(12-16)30-4/h6-14H,5H2,1-4H3,(H,24,27)/t13-,14-/m1/s1. The number of rotatable bonds is 6. The van der Waals surface area contributed by atoms with Gasteiger partial charge in [0.1, 0.15) is 11.8 Å². The molecule has 0 aliphatic carbocycles. The number of carbonyl (C=O) groups excluding carboxylic acids is 1. The van der Waals surface area contributed by atoms with Gasteiger partial charge < -0.3 is 10.1 Å². The zero-order chi connectivity index (χ0) is 22.0. The van der Waals surface area contributed by atoms with Gasteiger partial charge in [0.15, 0.2) is 0 Å². The molecule has 0 bridgehead atoms. The fourth-order valence-electron chi connectivity index (χ4n) is 3.24. The number of carbonyl (C=O) groups is 1. The largest absolute Gasteiger partial charge is 0.497 e. The molecule has 3 rings (SSSR count). The molecule has 1 N–H and O–H groups in total. The predicted octanol–water partition coefficient (Wildman–Crippen LogP) is 3.29. The van der Waals surface area contributed by atoms with E-state index in [-0.39, 0.29) is 17.3 Å². The Morgan fingerprint density at radius 2 is 1.90 bits per heavy atom. The lowest BCUT2D eigenvalue weighted by molar-refractivity contribution is -0.124. The summed E-state index contributed by atoms with van der Waals surface area (Å²) in [5.74, 6) is 0.188. The Bertz CT molecular complexity index is 1220. The average molecular weight is 430 g/mol. The number of hydrogen-bond acceptors (Lipinski definition) is 4. The van der Waals surface area contributed by atoms with E-state index in [1.165, 1.54) is 17.7 Å². The molecule has 0 unspecified atom stereocenters. The van der Waals surface area contributed by atoms with Crippen molar-refractivity contribution in [1.82, 2.24) is 14.5 Å². The van der Waals surface area contributed by atoms with Gasteiger partial charge in [0.2, 0.25) is 5.91 Å². The van der Waals surface area contributed by atoms with Crippen LogP contribution in [0.15, 0.2) is 52.1 Å². The van der Waals surface area contributed by atoms with E-state index < -0.39 is 17.3 Å². The molecule has 0 fully saturated rings. The van der Waals surface area contributed by atoms with Crippen molar-refractivity contribution in [3.63, 3.8) is 0 Å². The highest BCUT2D eigenvalue weighted by molar-refractivity contribution is 6.31. The van der Waals surface area contributed by atoms with Crippen LogP contribution in [0.3, 0.4) is 0 Å². The molecule has 3 aromatic rings. The average Bonchev–Trinajstić information content (AvgIpc) is 2.73. The van der Waals surface area contributed by atoms with E-state index in [4.69, 9.17) is 16.3 Å². The first-order chi connectivity index (χ1) is 14.3. The molecule has 0 aliphatic heterocycles. The van der Waals surface area contributed by atoms with Crippen molar-refractivity contribution in [2.45, 2.75) is 39.3 Å². The van der Waals surface area contributed by atoms with Crippen LogP contribution in [0.1, 0.15) is 33.2 Å². The van der Waals surface area contributed by atoms with E-state index in [1.807, 2.05) is 13.8 Å². The number of benzene rings is 2. The highest BCUT2D eigenvalue weighted by Gasteiger charge is 2.23. The van der Waals surface area contributed by atoms with E-state index in [0.29, 0.717) is 22.0 Å². The van der Waals surface area contributed by atoms with Crippen LogP contribution in [0.4, 0.5) is 0 Å². The zero-order valence-corrected chi connectivity index (χ0v) is 18.1. The maximum Gasteiger partial charge on any atom is 0.336 e. The van der Waals surface area contributed by atoms with Crippen molar-refractivity contribution in [1.29, 1.82) is 0 Å². The summed E-state index contributed by atoms with van der Waals surface area (Å²) in [4.78, 5) is 39.5. The van der Waals surface area contributed by atoms with Gasteiger partial charge in [-0.05, 0) is 50.6 Å². The van der Waals surface area contributed by atoms with Crippen molar-refractivity contribution >= 4 is 28.4 Å². The second-order valence-electron chi connectivity index (χ2n) is 7.15. The summed E-state index contributed by atoms with van der Waals surface area (Å²) in [6.07, 6.45) is 0.753. The zero-order valence-electron chi connectivity index (χ0n) is 17.3. The van der Waals surface area contributed by atoms with Crippen LogP contribution in [0.25, 0.3) is 16.6 Å². The molecule has 1 heterocycles. The van der Waals surface area contributed by atoms with Crippen LogP contribution in [-0.4, -0.2) is 28.2 Å². The van der Waals surface area contributed by atoms with Gasteiger partial charge >= 0.3 is 5.69 Å². The lowest BCUT2D eigenvalue weighted by atomic mass is 10.2. The molecule has 0 saturated heterocycles. The molecule has 158 valence electrons. The van der Waals surface area contributed by atoms with Gasteiger partial charge in [-0.1, -0.05) is 24.6 Å². The summed E-state index contributed by atoms with van der Waals surface area (Å²) < 4.78 is 7.58. The third-order valence-electron chi connectivity index (χ3n) is 5.13. The minimum atomic E-state index is -0.857. The smallest absolute Gasteiger partial charge is 0.336 e. The minimum absolute atomic E-state index is 0.0465. The van der Waals surface area contributed by atoms with Gasteiger partial charge in [-0.15, -0.1) is 0 Å². The van der Waals surface area contributed by atoms with Crippen LogP contribution in [0.5, 0.6) is 5.75 Å². The second-order valence-corrected chi connectivity index (χ2v) is 7.59. The van der Waals surface area contributed by atoms with Crippen molar-refractivity contribution in [2.24, 2.45) is 0 Å². The molecule has 0 radical (unpaired) electrons. The molecule has 0 spiro atoms. The van der Waals surface area contributed by atoms with Gasteiger partial charge in [-0.25, -0.2) is 9.36 Å². The molecule has 2 atom stereocenters. The lowest BCUT2D eigenvalue weighted by Gasteiger charge is -2.21. The molecular weight excluding hydrogens is 406 g/mol.